The topological polar surface area (TPSA) is 41.1 Å². The lowest BCUT2D eigenvalue weighted by Gasteiger charge is -2.05. The summed E-state index contributed by atoms with van der Waals surface area (Å²) < 4.78 is 0. The summed E-state index contributed by atoms with van der Waals surface area (Å²) in [5.41, 5.74) is 0. The van der Waals surface area contributed by atoms with Crippen LogP contribution in [-0.4, -0.2) is 19.1 Å². The first-order chi connectivity index (χ1) is 7.81. The largest absolute Gasteiger partial charge is 0.338 e. The fraction of sp³-hybridized carbons (Fsp3) is 0.923. The Kier molecular flexibility index (Phi) is 18.4. The van der Waals surface area contributed by atoms with E-state index >= 15 is 0 Å². The Bertz CT molecular complexity index is 138. The third kappa shape index (κ3) is 15.7. The number of hydrogen-bond acceptors (Lipinski definition) is 1. The molecule has 0 aromatic heterocycles. The number of amides is 2. The predicted molar refractivity (Wildman–Crippen MR) is 71.8 cm³/mol. The Balaban J connectivity index is 0. The van der Waals surface area contributed by atoms with E-state index in [0.29, 0.717) is 6.54 Å². The van der Waals surface area contributed by atoms with Gasteiger partial charge in [0.25, 0.3) is 0 Å². The van der Waals surface area contributed by atoms with Gasteiger partial charge in [0.15, 0.2) is 0 Å². The van der Waals surface area contributed by atoms with Gasteiger partial charge >= 0.3 is 6.03 Å². The average molecular weight is 230 g/mol. The number of carbonyl (C=O) groups excluding carboxylic acids is 1. The third-order valence-corrected chi connectivity index (χ3v) is 2.15. The van der Waals surface area contributed by atoms with Gasteiger partial charge in [0.2, 0.25) is 0 Å². The fourth-order valence-electron chi connectivity index (χ4n) is 1.33. The molecule has 0 saturated carbocycles. The van der Waals surface area contributed by atoms with Crippen molar-refractivity contribution in [3.05, 3.63) is 0 Å². The van der Waals surface area contributed by atoms with Crippen LogP contribution in [0.3, 0.4) is 0 Å². The summed E-state index contributed by atoms with van der Waals surface area (Å²) in [5.74, 6) is 0. The lowest BCUT2D eigenvalue weighted by atomic mass is 10.1. The first-order valence-corrected chi connectivity index (χ1v) is 6.83. The van der Waals surface area contributed by atoms with Crippen molar-refractivity contribution in [3.63, 3.8) is 0 Å². The molecule has 98 valence electrons. The van der Waals surface area contributed by atoms with Gasteiger partial charge in [-0.25, -0.2) is 4.79 Å². The first kappa shape index (κ1) is 17.7. The van der Waals surface area contributed by atoms with E-state index in [2.05, 4.69) is 17.6 Å². The minimum absolute atomic E-state index is 0.0407. The molecule has 0 unspecified atom stereocenters. The molecule has 0 fully saturated rings. The summed E-state index contributed by atoms with van der Waals surface area (Å²) in [5, 5.41) is 5.53. The smallest absolute Gasteiger partial charge is 0.314 e. The SMILES string of the molecule is CC.CCCCCCCCNC(=O)NCC. The standard InChI is InChI=1S/C11H24N2O.C2H6/c1-3-5-6-7-8-9-10-13-11(14)12-4-2;1-2/h3-10H2,1-2H3,(H2,12,13,14);1-2H3. The van der Waals surface area contributed by atoms with Crippen LogP contribution in [-0.2, 0) is 0 Å². The first-order valence-electron chi connectivity index (χ1n) is 6.83. The van der Waals surface area contributed by atoms with Gasteiger partial charge in [-0.2, -0.15) is 0 Å². The van der Waals surface area contributed by atoms with Gasteiger partial charge in [-0.05, 0) is 13.3 Å². The third-order valence-electron chi connectivity index (χ3n) is 2.15. The van der Waals surface area contributed by atoms with Crippen LogP contribution in [0, 0.1) is 0 Å². The van der Waals surface area contributed by atoms with Gasteiger partial charge in [0.05, 0.1) is 0 Å². The van der Waals surface area contributed by atoms with Crippen LogP contribution in [0.15, 0.2) is 0 Å². The molecule has 16 heavy (non-hydrogen) atoms. The zero-order valence-corrected chi connectivity index (χ0v) is 11.6. The number of rotatable bonds is 8. The van der Waals surface area contributed by atoms with Gasteiger partial charge in [0.1, 0.15) is 0 Å². The van der Waals surface area contributed by atoms with E-state index in [-0.39, 0.29) is 6.03 Å². The van der Waals surface area contributed by atoms with Crippen LogP contribution < -0.4 is 10.6 Å². The Morgan fingerprint density at radius 1 is 0.875 bits per heavy atom. The summed E-state index contributed by atoms with van der Waals surface area (Å²) in [7, 11) is 0. The van der Waals surface area contributed by atoms with Crippen LogP contribution >= 0.6 is 0 Å². The highest BCUT2D eigenvalue weighted by molar-refractivity contribution is 5.73. The molecule has 0 spiro atoms. The molecular weight excluding hydrogens is 200 g/mol. The van der Waals surface area contributed by atoms with E-state index in [1.165, 1.54) is 32.1 Å². The number of unbranched alkanes of at least 4 members (excludes halogenated alkanes) is 5. The lowest BCUT2D eigenvalue weighted by Crippen LogP contribution is -2.35. The van der Waals surface area contributed by atoms with Gasteiger partial charge < -0.3 is 10.6 Å². The zero-order valence-electron chi connectivity index (χ0n) is 11.6. The van der Waals surface area contributed by atoms with E-state index in [4.69, 9.17) is 0 Å². The molecule has 0 aliphatic carbocycles. The highest BCUT2D eigenvalue weighted by atomic mass is 16.2. The molecule has 2 amide bonds. The van der Waals surface area contributed by atoms with E-state index in [1.54, 1.807) is 0 Å². The van der Waals surface area contributed by atoms with Crippen LogP contribution in [0.2, 0.25) is 0 Å². The van der Waals surface area contributed by atoms with Crippen molar-refractivity contribution in [2.45, 2.75) is 66.2 Å². The molecule has 0 saturated heterocycles. The Morgan fingerprint density at radius 2 is 1.44 bits per heavy atom. The van der Waals surface area contributed by atoms with E-state index in [1.807, 2.05) is 20.8 Å². The highest BCUT2D eigenvalue weighted by Crippen LogP contribution is 2.03. The summed E-state index contributed by atoms with van der Waals surface area (Å²) in [6.07, 6.45) is 7.58. The molecule has 3 heteroatoms. The van der Waals surface area contributed by atoms with Gasteiger partial charge in [-0.1, -0.05) is 52.9 Å². The molecule has 0 radical (unpaired) electrons. The van der Waals surface area contributed by atoms with Crippen molar-refractivity contribution >= 4 is 6.03 Å². The number of carbonyl (C=O) groups is 1. The van der Waals surface area contributed by atoms with Gasteiger partial charge in [0, 0.05) is 13.1 Å². The molecule has 0 heterocycles. The average Bonchev–Trinajstić information content (AvgIpc) is 2.31. The summed E-state index contributed by atoms with van der Waals surface area (Å²) in [4.78, 5) is 11.0. The molecule has 0 aromatic rings. The Labute approximate surface area is 101 Å². The van der Waals surface area contributed by atoms with Crippen molar-refractivity contribution in [2.75, 3.05) is 13.1 Å². The molecule has 0 aliphatic rings. The van der Waals surface area contributed by atoms with E-state index in [9.17, 15) is 4.79 Å². The van der Waals surface area contributed by atoms with Gasteiger partial charge in [-0.3, -0.25) is 0 Å². The minimum atomic E-state index is -0.0407. The van der Waals surface area contributed by atoms with Crippen molar-refractivity contribution in [1.82, 2.24) is 10.6 Å². The molecule has 0 atom stereocenters. The molecular formula is C13H30N2O. The normalized spacial score (nSPS) is 9.00. The second kappa shape index (κ2) is 16.7. The second-order valence-corrected chi connectivity index (χ2v) is 3.55. The molecule has 3 nitrogen and oxygen atoms in total. The summed E-state index contributed by atoms with van der Waals surface area (Å²) in [6, 6.07) is -0.0407. The van der Waals surface area contributed by atoms with Gasteiger partial charge in [-0.15, -0.1) is 0 Å². The van der Waals surface area contributed by atoms with Crippen molar-refractivity contribution in [3.8, 4) is 0 Å². The molecule has 0 bridgehead atoms. The van der Waals surface area contributed by atoms with Crippen molar-refractivity contribution in [1.29, 1.82) is 0 Å². The molecule has 0 aliphatic heterocycles. The summed E-state index contributed by atoms with van der Waals surface area (Å²) in [6.45, 7) is 9.64. The van der Waals surface area contributed by atoms with E-state index in [0.717, 1.165) is 13.0 Å². The lowest BCUT2D eigenvalue weighted by molar-refractivity contribution is 0.241. The highest BCUT2D eigenvalue weighted by Gasteiger charge is 1.95. The quantitative estimate of drug-likeness (QED) is 0.613. The zero-order chi connectivity index (χ0) is 12.6. The molecule has 0 rings (SSSR count). The van der Waals surface area contributed by atoms with E-state index < -0.39 is 0 Å². The van der Waals surface area contributed by atoms with Crippen LogP contribution in [0.25, 0.3) is 0 Å². The maximum atomic E-state index is 11.0. The predicted octanol–water partition coefficient (Wildman–Crippen LogP) is 3.69. The minimum Gasteiger partial charge on any atom is -0.338 e. The van der Waals surface area contributed by atoms with Crippen molar-refractivity contribution < 1.29 is 4.79 Å². The summed E-state index contributed by atoms with van der Waals surface area (Å²) >= 11 is 0. The Morgan fingerprint density at radius 3 is 2.00 bits per heavy atom. The number of urea groups is 1. The fourth-order valence-corrected chi connectivity index (χ4v) is 1.33. The second-order valence-electron chi connectivity index (χ2n) is 3.55. The number of nitrogens with one attached hydrogen (secondary N) is 2. The molecule has 0 aromatic carbocycles. The maximum Gasteiger partial charge on any atom is 0.314 e. The maximum absolute atomic E-state index is 11.0. The monoisotopic (exact) mass is 230 g/mol. The van der Waals surface area contributed by atoms with Crippen LogP contribution in [0.5, 0.6) is 0 Å². The Hall–Kier alpha value is -0.730. The molecule has 2 N–H and O–H groups in total. The van der Waals surface area contributed by atoms with Crippen molar-refractivity contribution in [2.24, 2.45) is 0 Å². The van der Waals surface area contributed by atoms with Crippen LogP contribution in [0.1, 0.15) is 66.2 Å². The number of hydrogen-bond donors (Lipinski definition) is 2. The van der Waals surface area contributed by atoms with Crippen LogP contribution in [0.4, 0.5) is 4.79 Å².